The number of carbonyl (C=O) groups excluding carboxylic acids is 2. The zero-order valence-electron chi connectivity index (χ0n) is 18.6. The topological polar surface area (TPSA) is 109 Å². The van der Waals surface area contributed by atoms with Gasteiger partial charge < -0.3 is 30.7 Å². The lowest BCUT2D eigenvalue weighted by atomic mass is 9.99. The highest BCUT2D eigenvalue weighted by atomic mass is 16.5. The molecule has 3 amide bonds. The molecule has 0 aromatic heterocycles. The van der Waals surface area contributed by atoms with Crippen molar-refractivity contribution in [1.29, 1.82) is 0 Å². The maximum atomic E-state index is 13.1. The summed E-state index contributed by atoms with van der Waals surface area (Å²) < 4.78 is 11.2. The van der Waals surface area contributed by atoms with Gasteiger partial charge >= 0.3 is 6.03 Å². The fraction of sp³-hybridized carbons (Fsp3) is 0.417. The van der Waals surface area contributed by atoms with E-state index in [2.05, 4.69) is 15.5 Å². The summed E-state index contributed by atoms with van der Waals surface area (Å²) in [6.07, 6.45) is 0.651. The first-order valence-corrected chi connectivity index (χ1v) is 11.3. The second-order valence-electron chi connectivity index (χ2n) is 8.21. The Bertz CT molecular complexity index is 918. The number of hydrogen-bond donors (Lipinski definition) is 3. The minimum Gasteiger partial charge on any atom is -0.457 e. The summed E-state index contributed by atoms with van der Waals surface area (Å²) >= 11 is 0. The second-order valence-corrected chi connectivity index (χ2v) is 8.21. The number of hydrogen-bond acceptors (Lipinski definition) is 6. The fourth-order valence-corrected chi connectivity index (χ4v) is 4.25. The molecule has 2 aliphatic heterocycles. The summed E-state index contributed by atoms with van der Waals surface area (Å²) in [5.41, 5.74) is 6.31. The van der Waals surface area contributed by atoms with Gasteiger partial charge in [-0.15, -0.1) is 0 Å². The van der Waals surface area contributed by atoms with Crippen LogP contribution in [0.3, 0.4) is 0 Å². The smallest absolute Gasteiger partial charge is 0.322 e. The molecule has 0 spiro atoms. The Hall–Kier alpha value is -3.14. The molecule has 9 nitrogen and oxygen atoms in total. The van der Waals surface area contributed by atoms with Crippen molar-refractivity contribution in [3.8, 4) is 11.5 Å². The van der Waals surface area contributed by atoms with Crippen LogP contribution in [-0.4, -0.2) is 79.8 Å². The van der Waals surface area contributed by atoms with Gasteiger partial charge in [-0.1, -0.05) is 18.2 Å². The van der Waals surface area contributed by atoms with E-state index in [4.69, 9.17) is 15.2 Å². The van der Waals surface area contributed by atoms with Gasteiger partial charge in [-0.25, -0.2) is 4.79 Å². The number of primary amides is 1. The van der Waals surface area contributed by atoms with E-state index in [0.717, 1.165) is 25.4 Å². The summed E-state index contributed by atoms with van der Waals surface area (Å²) in [6, 6.07) is 15.6. The van der Waals surface area contributed by atoms with Gasteiger partial charge in [0.05, 0.1) is 19.3 Å². The van der Waals surface area contributed by atoms with Gasteiger partial charge in [-0.3, -0.25) is 9.69 Å². The number of benzene rings is 2. The lowest BCUT2D eigenvalue weighted by Crippen LogP contribution is -2.64. The Balaban J connectivity index is 1.39. The van der Waals surface area contributed by atoms with Gasteiger partial charge in [0.1, 0.15) is 17.5 Å². The SMILES string of the molecule is NC(=O)C1NCCN(C(=O)Nc2ccc(Oc3ccccc3)cc2)C1CCN1CCOCC1. The van der Waals surface area contributed by atoms with E-state index in [0.29, 0.717) is 44.2 Å². The molecule has 2 aromatic rings. The number of morpholine rings is 1. The molecule has 2 heterocycles. The summed E-state index contributed by atoms with van der Waals surface area (Å²) in [6.45, 7) is 4.90. The second kappa shape index (κ2) is 11.1. The number of amides is 3. The molecular weight excluding hydrogens is 422 g/mol. The number of urea groups is 1. The minimum absolute atomic E-state index is 0.244. The number of nitrogens with one attached hydrogen (secondary N) is 2. The van der Waals surface area contributed by atoms with Gasteiger partial charge in [-0.2, -0.15) is 0 Å². The van der Waals surface area contributed by atoms with E-state index >= 15 is 0 Å². The van der Waals surface area contributed by atoms with Crippen LogP contribution in [0.25, 0.3) is 0 Å². The predicted octanol–water partition coefficient (Wildman–Crippen LogP) is 1.86. The molecule has 2 aromatic carbocycles. The van der Waals surface area contributed by atoms with Crippen molar-refractivity contribution < 1.29 is 19.1 Å². The quantitative estimate of drug-likeness (QED) is 0.591. The van der Waals surface area contributed by atoms with Crippen molar-refractivity contribution >= 4 is 17.6 Å². The molecule has 2 aliphatic rings. The lowest BCUT2D eigenvalue weighted by Gasteiger charge is -2.41. The van der Waals surface area contributed by atoms with E-state index in [9.17, 15) is 9.59 Å². The number of carbonyl (C=O) groups is 2. The Morgan fingerprint density at radius 2 is 1.73 bits per heavy atom. The first kappa shape index (κ1) is 23.0. The normalized spacial score (nSPS) is 21.4. The Morgan fingerprint density at radius 3 is 2.42 bits per heavy atom. The molecule has 0 bridgehead atoms. The number of ether oxygens (including phenoxy) is 2. The van der Waals surface area contributed by atoms with Crippen LogP contribution in [0.1, 0.15) is 6.42 Å². The molecule has 4 rings (SSSR count). The summed E-state index contributed by atoms with van der Waals surface area (Å²) in [4.78, 5) is 29.2. The van der Waals surface area contributed by atoms with Gasteiger partial charge in [0.15, 0.2) is 0 Å². The molecule has 2 fully saturated rings. The zero-order chi connectivity index (χ0) is 23.0. The van der Waals surface area contributed by atoms with Crippen LogP contribution in [0.5, 0.6) is 11.5 Å². The maximum absolute atomic E-state index is 13.1. The highest BCUT2D eigenvalue weighted by molar-refractivity contribution is 5.91. The van der Waals surface area contributed by atoms with Crippen LogP contribution in [0.2, 0.25) is 0 Å². The molecule has 33 heavy (non-hydrogen) atoms. The van der Waals surface area contributed by atoms with Crippen molar-refractivity contribution in [2.24, 2.45) is 5.73 Å². The van der Waals surface area contributed by atoms with E-state index in [1.807, 2.05) is 42.5 Å². The highest BCUT2D eigenvalue weighted by Gasteiger charge is 2.37. The van der Waals surface area contributed by atoms with Crippen molar-refractivity contribution in [2.75, 3.05) is 51.3 Å². The monoisotopic (exact) mass is 453 g/mol. The van der Waals surface area contributed by atoms with E-state index in [1.165, 1.54) is 0 Å². The Morgan fingerprint density at radius 1 is 1.03 bits per heavy atom. The van der Waals surface area contributed by atoms with Gasteiger partial charge in [0, 0.05) is 38.4 Å². The van der Waals surface area contributed by atoms with Crippen molar-refractivity contribution in [3.63, 3.8) is 0 Å². The first-order chi connectivity index (χ1) is 16.1. The molecule has 2 unspecified atom stereocenters. The molecule has 2 atom stereocenters. The van der Waals surface area contributed by atoms with E-state index in [-0.39, 0.29) is 12.1 Å². The van der Waals surface area contributed by atoms with Crippen molar-refractivity contribution in [2.45, 2.75) is 18.5 Å². The average molecular weight is 454 g/mol. The number of nitrogens with two attached hydrogens (primary N) is 1. The van der Waals surface area contributed by atoms with E-state index < -0.39 is 11.9 Å². The Labute approximate surface area is 193 Å². The summed E-state index contributed by atoms with van der Waals surface area (Å²) in [7, 11) is 0. The van der Waals surface area contributed by atoms with Crippen molar-refractivity contribution in [1.82, 2.24) is 15.1 Å². The van der Waals surface area contributed by atoms with Crippen LogP contribution in [0.4, 0.5) is 10.5 Å². The van der Waals surface area contributed by atoms with Crippen LogP contribution >= 0.6 is 0 Å². The Kier molecular flexibility index (Phi) is 7.77. The number of nitrogens with zero attached hydrogens (tertiary/aromatic N) is 2. The number of anilines is 1. The minimum atomic E-state index is -0.577. The third kappa shape index (κ3) is 6.22. The molecule has 176 valence electrons. The lowest BCUT2D eigenvalue weighted by molar-refractivity contribution is -0.122. The largest absolute Gasteiger partial charge is 0.457 e. The molecule has 4 N–H and O–H groups in total. The molecular formula is C24H31N5O4. The third-order valence-electron chi connectivity index (χ3n) is 6.00. The fourth-order valence-electron chi connectivity index (χ4n) is 4.25. The van der Waals surface area contributed by atoms with Crippen LogP contribution in [0, 0.1) is 0 Å². The van der Waals surface area contributed by atoms with Crippen molar-refractivity contribution in [3.05, 3.63) is 54.6 Å². The summed E-state index contributed by atoms with van der Waals surface area (Å²) in [5, 5.41) is 6.13. The maximum Gasteiger partial charge on any atom is 0.322 e. The molecule has 0 aliphatic carbocycles. The molecule has 9 heteroatoms. The van der Waals surface area contributed by atoms with Gasteiger partial charge in [0.2, 0.25) is 5.91 Å². The average Bonchev–Trinajstić information content (AvgIpc) is 2.85. The van der Waals surface area contributed by atoms with Crippen LogP contribution in [-0.2, 0) is 9.53 Å². The standard InChI is InChI=1S/C24H31N5O4/c25-23(30)22-21(10-12-28-14-16-32-17-15-28)29(13-11-26-22)24(31)27-18-6-8-20(9-7-18)33-19-4-2-1-3-5-19/h1-9,21-22,26H,10-17H2,(H2,25,30)(H,27,31). The predicted molar refractivity (Wildman–Crippen MR) is 125 cm³/mol. The third-order valence-corrected chi connectivity index (χ3v) is 6.00. The van der Waals surface area contributed by atoms with Gasteiger partial charge in [0.25, 0.3) is 0 Å². The van der Waals surface area contributed by atoms with E-state index in [1.54, 1.807) is 17.0 Å². The first-order valence-electron chi connectivity index (χ1n) is 11.3. The number of rotatable bonds is 7. The molecule has 2 saturated heterocycles. The zero-order valence-corrected chi connectivity index (χ0v) is 18.6. The molecule has 0 saturated carbocycles. The van der Waals surface area contributed by atoms with Crippen LogP contribution in [0.15, 0.2) is 54.6 Å². The van der Waals surface area contributed by atoms with Crippen LogP contribution < -0.4 is 21.1 Å². The number of piperazine rings is 1. The van der Waals surface area contributed by atoms with Gasteiger partial charge in [-0.05, 0) is 42.8 Å². The highest BCUT2D eigenvalue weighted by Crippen LogP contribution is 2.23. The molecule has 0 radical (unpaired) electrons. The number of para-hydroxylation sites is 1. The summed E-state index contributed by atoms with van der Waals surface area (Å²) in [5.74, 6) is 0.983.